The number of benzene rings is 1. The number of fused-ring (bicyclic) bond motifs is 1. The molecule has 0 aliphatic carbocycles. The molecule has 1 aromatic heterocycles. The average molecular weight is 261 g/mol. The third kappa shape index (κ3) is 2.54. The monoisotopic (exact) mass is 261 g/mol. The standard InChI is InChI=1S/C12H11N3O2S/c1-7-2-3-10-9(4-7)11(16)8(6-17-10)5-14-15-12(13)18/h2-6H,1H3,(H3,13,15,18)/b14-5-. The van der Waals surface area contributed by atoms with Crippen molar-refractivity contribution in [3.8, 4) is 0 Å². The highest BCUT2D eigenvalue weighted by Gasteiger charge is 2.05. The van der Waals surface area contributed by atoms with E-state index in [0.29, 0.717) is 16.5 Å². The van der Waals surface area contributed by atoms with Gasteiger partial charge in [0.25, 0.3) is 0 Å². The van der Waals surface area contributed by atoms with Crippen molar-refractivity contribution in [3.63, 3.8) is 0 Å². The van der Waals surface area contributed by atoms with Crippen LogP contribution in [0.5, 0.6) is 0 Å². The predicted molar refractivity (Wildman–Crippen MR) is 74.7 cm³/mol. The summed E-state index contributed by atoms with van der Waals surface area (Å²) < 4.78 is 5.35. The maximum absolute atomic E-state index is 12.1. The van der Waals surface area contributed by atoms with Crippen molar-refractivity contribution in [1.82, 2.24) is 5.43 Å². The van der Waals surface area contributed by atoms with Gasteiger partial charge < -0.3 is 10.2 Å². The topological polar surface area (TPSA) is 80.6 Å². The maximum Gasteiger partial charge on any atom is 0.201 e. The van der Waals surface area contributed by atoms with Crippen LogP contribution >= 0.6 is 12.2 Å². The fourth-order valence-corrected chi connectivity index (χ4v) is 1.57. The molecule has 0 saturated heterocycles. The molecule has 6 heteroatoms. The van der Waals surface area contributed by atoms with Crippen molar-refractivity contribution in [2.75, 3.05) is 0 Å². The number of nitrogens with zero attached hydrogens (tertiary/aromatic N) is 1. The number of nitrogens with two attached hydrogens (primary N) is 1. The maximum atomic E-state index is 12.1. The summed E-state index contributed by atoms with van der Waals surface area (Å²) in [5.74, 6) is 0. The van der Waals surface area contributed by atoms with Gasteiger partial charge in [0.1, 0.15) is 11.8 Å². The molecule has 5 nitrogen and oxygen atoms in total. The van der Waals surface area contributed by atoms with Crippen molar-refractivity contribution in [1.29, 1.82) is 0 Å². The fourth-order valence-electron chi connectivity index (χ4n) is 1.51. The van der Waals surface area contributed by atoms with Gasteiger partial charge >= 0.3 is 0 Å². The van der Waals surface area contributed by atoms with Gasteiger partial charge in [-0.1, -0.05) is 11.6 Å². The number of thiocarbonyl (C=S) groups is 1. The molecule has 0 saturated carbocycles. The molecule has 0 aliphatic rings. The molecule has 2 aromatic rings. The molecule has 18 heavy (non-hydrogen) atoms. The molecule has 0 aliphatic heterocycles. The second-order valence-electron chi connectivity index (χ2n) is 3.75. The molecule has 1 aromatic carbocycles. The first-order valence-corrected chi connectivity index (χ1v) is 5.59. The molecular weight excluding hydrogens is 250 g/mol. The van der Waals surface area contributed by atoms with Crippen molar-refractivity contribution in [2.45, 2.75) is 6.92 Å². The average Bonchev–Trinajstić information content (AvgIpc) is 2.32. The second kappa shape index (κ2) is 4.97. The smallest absolute Gasteiger partial charge is 0.201 e. The molecule has 0 bridgehead atoms. The van der Waals surface area contributed by atoms with Crippen molar-refractivity contribution in [3.05, 3.63) is 45.8 Å². The zero-order valence-corrected chi connectivity index (χ0v) is 10.5. The van der Waals surface area contributed by atoms with E-state index in [4.69, 9.17) is 10.2 Å². The third-order valence-corrected chi connectivity index (χ3v) is 2.42. The summed E-state index contributed by atoms with van der Waals surface area (Å²) in [6.07, 6.45) is 2.68. The van der Waals surface area contributed by atoms with Crippen LogP contribution in [0.1, 0.15) is 11.1 Å². The molecular formula is C12H11N3O2S. The minimum Gasteiger partial charge on any atom is -0.463 e. The molecule has 0 unspecified atom stereocenters. The van der Waals surface area contributed by atoms with E-state index in [2.05, 4.69) is 22.7 Å². The lowest BCUT2D eigenvalue weighted by atomic mass is 10.1. The van der Waals surface area contributed by atoms with E-state index in [0.717, 1.165) is 5.56 Å². The van der Waals surface area contributed by atoms with Crippen LogP contribution in [0.15, 0.2) is 38.8 Å². The van der Waals surface area contributed by atoms with Gasteiger partial charge in [0.2, 0.25) is 5.43 Å². The predicted octanol–water partition coefficient (Wildman–Crippen LogP) is 1.27. The number of nitrogens with one attached hydrogen (secondary N) is 1. The van der Waals surface area contributed by atoms with Crippen LogP contribution in [0.4, 0.5) is 0 Å². The highest BCUT2D eigenvalue weighted by molar-refractivity contribution is 7.80. The van der Waals surface area contributed by atoms with Gasteiger partial charge in [0.05, 0.1) is 17.2 Å². The highest BCUT2D eigenvalue weighted by atomic mass is 32.1. The van der Waals surface area contributed by atoms with Gasteiger partial charge in [-0.05, 0) is 31.3 Å². The number of aryl methyl sites for hydroxylation is 1. The van der Waals surface area contributed by atoms with Gasteiger partial charge in [-0.2, -0.15) is 5.10 Å². The summed E-state index contributed by atoms with van der Waals surface area (Å²) in [7, 11) is 0. The fraction of sp³-hybridized carbons (Fsp3) is 0.0833. The zero-order chi connectivity index (χ0) is 13.1. The van der Waals surface area contributed by atoms with Crippen LogP contribution in [0.3, 0.4) is 0 Å². The molecule has 3 N–H and O–H groups in total. The Morgan fingerprint density at radius 1 is 1.56 bits per heavy atom. The first-order valence-electron chi connectivity index (χ1n) is 5.18. The molecule has 92 valence electrons. The summed E-state index contributed by atoms with van der Waals surface area (Å²) in [5.41, 5.74) is 9.31. The summed E-state index contributed by atoms with van der Waals surface area (Å²) >= 11 is 4.59. The summed E-state index contributed by atoms with van der Waals surface area (Å²) in [4.78, 5) is 12.1. The van der Waals surface area contributed by atoms with Crippen LogP contribution in [0.2, 0.25) is 0 Å². The lowest BCUT2D eigenvalue weighted by molar-refractivity contribution is 0.601. The minimum atomic E-state index is -0.145. The number of hydrazone groups is 1. The zero-order valence-electron chi connectivity index (χ0n) is 9.64. The van der Waals surface area contributed by atoms with Gasteiger partial charge in [0.15, 0.2) is 5.11 Å². The number of rotatable bonds is 2. The van der Waals surface area contributed by atoms with Crippen molar-refractivity contribution < 1.29 is 4.42 Å². The molecule has 0 atom stereocenters. The van der Waals surface area contributed by atoms with E-state index < -0.39 is 0 Å². The first-order chi connectivity index (χ1) is 8.58. The van der Waals surface area contributed by atoms with Crippen LogP contribution in [-0.4, -0.2) is 11.3 Å². The van der Waals surface area contributed by atoms with Crippen molar-refractivity contribution >= 4 is 34.5 Å². The Labute approximate surface area is 108 Å². The van der Waals surface area contributed by atoms with Crippen molar-refractivity contribution in [2.24, 2.45) is 10.8 Å². The third-order valence-electron chi connectivity index (χ3n) is 2.33. The Morgan fingerprint density at radius 3 is 3.06 bits per heavy atom. The molecule has 0 fully saturated rings. The van der Waals surface area contributed by atoms with E-state index in [1.165, 1.54) is 12.5 Å². The highest BCUT2D eigenvalue weighted by Crippen LogP contribution is 2.12. The van der Waals surface area contributed by atoms with Gasteiger partial charge in [0, 0.05) is 0 Å². The van der Waals surface area contributed by atoms with E-state index in [9.17, 15) is 4.79 Å². The van der Waals surface area contributed by atoms with Crippen LogP contribution in [-0.2, 0) is 0 Å². The Bertz CT molecular complexity index is 691. The molecule has 0 radical (unpaired) electrons. The minimum absolute atomic E-state index is 0.0345. The second-order valence-corrected chi connectivity index (χ2v) is 4.19. The summed E-state index contributed by atoms with van der Waals surface area (Å²) in [6.45, 7) is 1.91. The lowest BCUT2D eigenvalue weighted by Gasteiger charge is -1.99. The van der Waals surface area contributed by atoms with E-state index in [1.54, 1.807) is 12.1 Å². The molecule has 0 spiro atoms. The van der Waals surface area contributed by atoms with Gasteiger partial charge in [-0.25, -0.2) is 0 Å². The molecule has 0 amide bonds. The summed E-state index contributed by atoms with van der Waals surface area (Å²) in [6, 6.07) is 5.42. The SMILES string of the molecule is Cc1ccc2occ(/C=N\NC(N)=S)c(=O)c2c1. The Balaban J connectivity index is 2.47. The van der Waals surface area contributed by atoms with Gasteiger partial charge in [-0.15, -0.1) is 0 Å². The van der Waals surface area contributed by atoms with Crippen LogP contribution in [0.25, 0.3) is 11.0 Å². The molecule has 1 heterocycles. The van der Waals surface area contributed by atoms with E-state index in [1.807, 2.05) is 13.0 Å². The largest absolute Gasteiger partial charge is 0.463 e. The normalized spacial score (nSPS) is 10.9. The first kappa shape index (κ1) is 12.3. The Kier molecular flexibility index (Phi) is 3.38. The van der Waals surface area contributed by atoms with Crippen LogP contribution in [0, 0.1) is 6.92 Å². The van der Waals surface area contributed by atoms with Gasteiger partial charge in [-0.3, -0.25) is 10.2 Å². The molecule has 2 rings (SSSR count). The van der Waals surface area contributed by atoms with E-state index >= 15 is 0 Å². The number of hydrogen-bond donors (Lipinski definition) is 2. The summed E-state index contributed by atoms with van der Waals surface area (Å²) in [5, 5.41) is 4.29. The Hall–Kier alpha value is -2.21. The lowest BCUT2D eigenvalue weighted by Crippen LogP contribution is -2.24. The van der Waals surface area contributed by atoms with Crippen LogP contribution < -0.4 is 16.6 Å². The quantitative estimate of drug-likeness (QED) is 0.483. The number of hydrogen-bond acceptors (Lipinski definition) is 4. The van der Waals surface area contributed by atoms with E-state index in [-0.39, 0.29) is 10.5 Å². The Morgan fingerprint density at radius 2 is 2.33 bits per heavy atom.